The number of para-hydroxylation sites is 1. The molecule has 0 radical (unpaired) electrons. The summed E-state index contributed by atoms with van der Waals surface area (Å²) in [5.74, 6) is 0.884. The molecule has 1 aromatic carbocycles. The van der Waals surface area contributed by atoms with Gasteiger partial charge in [-0.2, -0.15) is 5.10 Å². The lowest BCUT2D eigenvalue weighted by molar-refractivity contribution is 0.503. The Balaban J connectivity index is 1.74. The lowest BCUT2D eigenvalue weighted by atomic mass is 9.99. The van der Waals surface area contributed by atoms with E-state index in [0.29, 0.717) is 4.83 Å². The van der Waals surface area contributed by atoms with E-state index >= 15 is 0 Å². The van der Waals surface area contributed by atoms with Gasteiger partial charge < -0.3 is 0 Å². The molecule has 1 heterocycles. The number of aryl methyl sites for hydroxylation is 2. The monoisotopic (exact) mass is 334 g/mol. The summed E-state index contributed by atoms with van der Waals surface area (Å²) in [5, 5.41) is 6.14. The number of fused-ring (bicyclic) bond motifs is 1. The van der Waals surface area contributed by atoms with Crippen LogP contribution in [0.1, 0.15) is 44.7 Å². The number of halogens is 1. The highest BCUT2D eigenvalue weighted by atomic mass is 79.9. The number of hydrogen-bond acceptors (Lipinski definition) is 1. The van der Waals surface area contributed by atoms with Crippen molar-refractivity contribution in [3.8, 4) is 0 Å². The van der Waals surface area contributed by atoms with Crippen LogP contribution in [0.2, 0.25) is 0 Å². The predicted molar refractivity (Wildman–Crippen MR) is 88.4 cm³/mol. The Labute approximate surface area is 129 Å². The van der Waals surface area contributed by atoms with Crippen molar-refractivity contribution in [2.75, 3.05) is 0 Å². The van der Waals surface area contributed by atoms with Crippen molar-refractivity contribution in [2.45, 2.75) is 56.8 Å². The molecule has 3 rings (SSSR count). The van der Waals surface area contributed by atoms with Crippen molar-refractivity contribution in [1.82, 2.24) is 9.78 Å². The van der Waals surface area contributed by atoms with Crippen LogP contribution in [0.15, 0.2) is 24.3 Å². The molecule has 2 nitrogen and oxygen atoms in total. The number of hydrogen-bond donors (Lipinski definition) is 0. The van der Waals surface area contributed by atoms with Crippen LogP contribution in [-0.2, 0) is 13.0 Å². The number of rotatable bonds is 5. The van der Waals surface area contributed by atoms with E-state index in [0.717, 1.165) is 18.9 Å². The van der Waals surface area contributed by atoms with E-state index in [1.54, 1.807) is 0 Å². The second-order valence-corrected chi connectivity index (χ2v) is 7.05. The highest BCUT2D eigenvalue weighted by Gasteiger charge is 2.23. The Morgan fingerprint density at radius 2 is 2.05 bits per heavy atom. The van der Waals surface area contributed by atoms with Gasteiger partial charge in [0.05, 0.1) is 11.2 Å². The van der Waals surface area contributed by atoms with Gasteiger partial charge in [-0.3, -0.25) is 4.68 Å². The van der Waals surface area contributed by atoms with Gasteiger partial charge in [0.1, 0.15) is 0 Å². The molecule has 0 N–H and O–H groups in total. The molecule has 0 aliphatic heterocycles. The summed E-state index contributed by atoms with van der Waals surface area (Å²) in [6.45, 7) is 3.11. The summed E-state index contributed by atoms with van der Waals surface area (Å²) in [7, 11) is 0. The van der Waals surface area contributed by atoms with Gasteiger partial charge in [-0.05, 0) is 44.6 Å². The lowest BCUT2D eigenvalue weighted by Crippen LogP contribution is -2.12. The molecule has 1 aliphatic carbocycles. The van der Waals surface area contributed by atoms with Crippen LogP contribution < -0.4 is 0 Å². The van der Waals surface area contributed by atoms with E-state index in [9.17, 15) is 0 Å². The molecule has 1 atom stereocenters. The van der Waals surface area contributed by atoms with Crippen molar-refractivity contribution < 1.29 is 0 Å². The summed E-state index contributed by atoms with van der Waals surface area (Å²) in [6.07, 6.45) is 7.93. The van der Waals surface area contributed by atoms with Crippen LogP contribution in [-0.4, -0.2) is 14.6 Å². The first kappa shape index (κ1) is 14.1. The van der Waals surface area contributed by atoms with Gasteiger partial charge in [-0.25, -0.2) is 0 Å². The fraction of sp³-hybridized carbons (Fsp3) is 0.588. The molecule has 0 bridgehead atoms. The molecule has 1 saturated carbocycles. The molecule has 1 unspecified atom stereocenters. The zero-order chi connectivity index (χ0) is 13.9. The molecule has 1 aromatic heterocycles. The minimum Gasteiger partial charge on any atom is -0.265 e. The Morgan fingerprint density at radius 1 is 1.30 bits per heavy atom. The van der Waals surface area contributed by atoms with E-state index in [4.69, 9.17) is 5.10 Å². The third-order valence-corrected chi connectivity index (χ3v) is 5.81. The molecule has 1 aliphatic rings. The first-order valence-electron chi connectivity index (χ1n) is 7.88. The summed E-state index contributed by atoms with van der Waals surface area (Å²) < 4.78 is 2.13. The average molecular weight is 335 g/mol. The Kier molecular flexibility index (Phi) is 4.45. The Morgan fingerprint density at radius 3 is 2.80 bits per heavy atom. The first-order valence-corrected chi connectivity index (χ1v) is 8.79. The maximum atomic E-state index is 4.80. The van der Waals surface area contributed by atoms with E-state index < -0.39 is 0 Å². The lowest BCUT2D eigenvalue weighted by Gasteiger charge is -2.16. The molecule has 0 spiro atoms. The van der Waals surface area contributed by atoms with E-state index in [1.165, 1.54) is 48.7 Å². The number of aromatic nitrogens is 2. The Hall–Kier alpha value is -0.830. The van der Waals surface area contributed by atoms with Crippen LogP contribution in [0.25, 0.3) is 10.9 Å². The molecule has 20 heavy (non-hydrogen) atoms. The summed E-state index contributed by atoms with van der Waals surface area (Å²) in [6, 6.07) is 8.61. The van der Waals surface area contributed by atoms with Gasteiger partial charge >= 0.3 is 0 Å². The van der Waals surface area contributed by atoms with Crippen molar-refractivity contribution in [2.24, 2.45) is 5.92 Å². The molecule has 0 amide bonds. The van der Waals surface area contributed by atoms with Gasteiger partial charge in [0.2, 0.25) is 0 Å². The number of nitrogens with zero attached hydrogens (tertiary/aromatic N) is 2. The smallest absolute Gasteiger partial charge is 0.0703 e. The van der Waals surface area contributed by atoms with E-state index in [2.05, 4.69) is 51.8 Å². The zero-order valence-electron chi connectivity index (χ0n) is 12.2. The van der Waals surface area contributed by atoms with Gasteiger partial charge in [-0.15, -0.1) is 0 Å². The fourth-order valence-corrected chi connectivity index (χ4v) is 4.21. The van der Waals surface area contributed by atoms with Crippen molar-refractivity contribution in [1.29, 1.82) is 0 Å². The van der Waals surface area contributed by atoms with Crippen LogP contribution in [0, 0.1) is 5.92 Å². The standard InChI is InChI=1S/C17H23BrN2/c1-2-20-17-10-6-5-9-14(17)16(19-20)12-11-15(18)13-7-3-4-8-13/h5-6,9-10,13,15H,2-4,7-8,11-12H2,1H3. The van der Waals surface area contributed by atoms with E-state index in [1.807, 2.05) is 0 Å². The van der Waals surface area contributed by atoms with Crippen molar-refractivity contribution >= 4 is 26.8 Å². The molecule has 3 heteroatoms. The highest BCUT2D eigenvalue weighted by Crippen LogP contribution is 2.34. The third kappa shape index (κ3) is 2.78. The summed E-state index contributed by atoms with van der Waals surface area (Å²) >= 11 is 3.92. The second kappa shape index (κ2) is 6.30. The largest absolute Gasteiger partial charge is 0.265 e. The predicted octanol–water partition coefficient (Wildman–Crippen LogP) is 4.94. The molecular formula is C17H23BrN2. The van der Waals surface area contributed by atoms with Crippen LogP contribution in [0.3, 0.4) is 0 Å². The quantitative estimate of drug-likeness (QED) is 0.708. The van der Waals surface area contributed by atoms with Crippen LogP contribution >= 0.6 is 15.9 Å². The molecule has 108 valence electrons. The minimum absolute atomic E-state index is 0.663. The Bertz CT molecular complexity index is 569. The molecular weight excluding hydrogens is 312 g/mol. The molecule has 1 fully saturated rings. The summed E-state index contributed by atoms with van der Waals surface area (Å²) in [4.78, 5) is 0.663. The van der Waals surface area contributed by atoms with E-state index in [-0.39, 0.29) is 0 Å². The minimum atomic E-state index is 0.663. The van der Waals surface area contributed by atoms with Crippen molar-refractivity contribution in [3.63, 3.8) is 0 Å². The van der Waals surface area contributed by atoms with Crippen LogP contribution in [0.5, 0.6) is 0 Å². The second-order valence-electron chi connectivity index (χ2n) is 5.88. The first-order chi connectivity index (χ1) is 9.79. The number of benzene rings is 1. The van der Waals surface area contributed by atoms with Gasteiger partial charge in [0, 0.05) is 16.8 Å². The van der Waals surface area contributed by atoms with Gasteiger partial charge in [0.25, 0.3) is 0 Å². The fourth-order valence-electron chi connectivity index (χ4n) is 3.45. The average Bonchev–Trinajstić information content (AvgIpc) is 3.13. The molecule has 2 aromatic rings. The SMILES string of the molecule is CCn1nc(CCC(Br)C2CCCC2)c2ccccc21. The van der Waals surface area contributed by atoms with Crippen LogP contribution in [0.4, 0.5) is 0 Å². The number of alkyl halides is 1. The topological polar surface area (TPSA) is 17.8 Å². The zero-order valence-corrected chi connectivity index (χ0v) is 13.8. The molecule has 0 saturated heterocycles. The summed E-state index contributed by atoms with van der Waals surface area (Å²) in [5.41, 5.74) is 2.54. The highest BCUT2D eigenvalue weighted by molar-refractivity contribution is 9.09. The van der Waals surface area contributed by atoms with Crippen molar-refractivity contribution in [3.05, 3.63) is 30.0 Å². The normalized spacial score (nSPS) is 17.9. The third-order valence-electron chi connectivity index (χ3n) is 4.60. The maximum Gasteiger partial charge on any atom is 0.0703 e. The maximum absolute atomic E-state index is 4.80. The van der Waals surface area contributed by atoms with Gasteiger partial charge in [0.15, 0.2) is 0 Å². The van der Waals surface area contributed by atoms with Gasteiger partial charge in [-0.1, -0.05) is 47.0 Å².